The van der Waals surface area contributed by atoms with Crippen molar-refractivity contribution in [2.75, 3.05) is 10.2 Å². The van der Waals surface area contributed by atoms with Gasteiger partial charge in [0.15, 0.2) is 5.82 Å². The van der Waals surface area contributed by atoms with E-state index in [1.165, 1.54) is 41.1 Å². The van der Waals surface area contributed by atoms with Crippen LogP contribution in [0.15, 0.2) is 71.7 Å². The van der Waals surface area contributed by atoms with Gasteiger partial charge in [-0.3, -0.25) is 25.0 Å². The van der Waals surface area contributed by atoms with Gasteiger partial charge in [0.25, 0.3) is 17.3 Å². The molecular weight excluding hydrogens is 514 g/mol. The summed E-state index contributed by atoms with van der Waals surface area (Å²) < 4.78 is 1.50. The van der Waals surface area contributed by atoms with Crippen molar-refractivity contribution in [3.05, 3.63) is 109 Å². The molecular formula is C25H16ClN7O5. The minimum absolute atomic E-state index is 0.0150. The highest BCUT2D eigenvalue weighted by atomic mass is 35.5. The molecule has 3 aromatic carbocycles. The Hall–Kier alpha value is -5.10. The number of fused-ring (bicyclic) bond motifs is 4. The van der Waals surface area contributed by atoms with E-state index in [-0.39, 0.29) is 22.2 Å². The first kappa shape index (κ1) is 23.3. The van der Waals surface area contributed by atoms with Crippen LogP contribution < -0.4 is 10.2 Å². The highest BCUT2D eigenvalue weighted by Gasteiger charge is 2.43. The van der Waals surface area contributed by atoms with Crippen molar-refractivity contribution >= 4 is 51.9 Å². The molecule has 12 nitrogen and oxygen atoms in total. The predicted octanol–water partition coefficient (Wildman–Crippen LogP) is 5.24. The Morgan fingerprint density at radius 2 is 1.74 bits per heavy atom. The molecule has 0 bridgehead atoms. The number of nitro benzene ring substituents is 2. The molecule has 0 radical (unpaired) electrons. The molecule has 4 aromatic rings. The van der Waals surface area contributed by atoms with E-state index in [2.05, 4.69) is 10.4 Å². The van der Waals surface area contributed by atoms with Crippen LogP contribution in [0.3, 0.4) is 0 Å². The zero-order valence-corrected chi connectivity index (χ0v) is 20.3. The maximum absolute atomic E-state index is 13.3. The molecule has 1 atom stereocenters. The number of carbonyl (C=O) groups excluding carboxylic acids is 1. The van der Waals surface area contributed by atoms with Gasteiger partial charge in [0.2, 0.25) is 5.84 Å². The Bertz CT molecular complexity index is 1710. The number of nitrogens with zero attached hydrogens (tertiary/aromatic N) is 6. The zero-order chi connectivity index (χ0) is 26.7. The highest BCUT2D eigenvalue weighted by molar-refractivity contribution is 6.50. The number of non-ortho nitro benzene ring substituents is 1. The van der Waals surface area contributed by atoms with Gasteiger partial charge in [-0.2, -0.15) is 5.10 Å². The van der Waals surface area contributed by atoms with Crippen LogP contribution in [0.4, 0.5) is 28.6 Å². The molecule has 38 heavy (non-hydrogen) atoms. The van der Waals surface area contributed by atoms with Gasteiger partial charge in [0.1, 0.15) is 5.02 Å². The Kier molecular flexibility index (Phi) is 5.21. The Morgan fingerprint density at radius 3 is 2.45 bits per heavy atom. The third-order valence-corrected chi connectivity index (χ3v) is 6.78. The van der Waals surface area contributed by atoms with Crippen LogP contribution in [0.25, 0.3) is 5.69 Å². The summed E-state index contributed by atoms with van der Waals surface area (Å²) in [5.74, 6) is -0.0569. The molecule has 0 saturated heterocycles. The Balaban J connectivity index is 1.63. The lowest BCUT2D eigenvalue weighted by Crippen LogP contribution is -2.48. The van der Waals surface area contributed by atoms with Crippen molar-refractivity contribution in [1.82, 2.24) is 9.78 Å². The van der Waals surface area contributed by atoms with Crippen LogP contribution in [0.1, 0.15) is 22.9 Å². The van der Waals surface area contributed by atoms with Crippen molar-refractivity contribution in [3.8, 4) is 5.69 Å². The number of para-hydroxylation sites is 2. The van der Waals surface area contributed by atoms with Crippen molar-refractivity contribution in [3.63, 3.8) is 0 Å². The van der Waals surface area contributed by atoms with Gasteiger partial charge in [-0.1, -0.05) is 29.8 Å². The number of halogens is 1. The average molecular weight is 530 g/mol. The first-order valence-corrected chi connectivity index (χ1v) is 11.7. The lowest BCUT2D eigenvalue weighted by Gasteiger charge is -2.40. The van der Waals surface area contributed by atoms with Gasteiger partial charge in [-0.25, -0.2) is 9.67 Å². The second-order valence-electron chi connectivity index (χ2n) is 8.66. The third kappa shape index (κ3) is 3.50. The lowest BCUT2D eigenvalue weighted by atomic mass is 9.93. The summed E-state index contributed by atoms with van der Waals surface area (Å²) in [6.07, 6.45) is 0. The van der Waals surface area contributed by atoms with E-state index < -0.39 is 21.8 Å². The topological polar surface area (TPSA) is 149 Å². The van der Waals surface area contributed by atoms with Gasteiger partial charge >= 0.3 is 0 Å². The number of carbonyl (C=O) groups is 1. The second-order valence-corrected chi connectivity index (χ2v) is 9.06. The molecule has 0 fully saturated rings. The standard InChI is InChI=1S/C25H16ClN7O5/c1-13-21-22(14-6-11-17(26)20(12-14)33(37)38)30-19-5-3-2-4-18(19)27-25(34)24(30)28-23(21)31(29-13)15-7-9-16(10-8-15)32(35)36/h2-12,22H,1H3,(H,27,34)/t22-/m0/s1. The van der Waals surface area contributed by atoms with Gasteiger partial charge < -0.3 is 10.2 Å². The summed E-state index contributed by atoms with van der Waals surface area (Å²) >= 11 is 6.11. The van der Waals surface area contributed by atoms with Crippen LogP contribution in [0.5, 0.6) is 0 Å². The fraction of sp³-hybridized carbons (Fsp3) is 0.0800. The first-order valence-electron chi connectivity index (χ1n) is 11.3. The molecule has 1 N–H and O–H groups in total. The van der Waals surface area contributed by atoms with E-state index >= 15 is 0 Å². The number of aliphatic imine (C=N–C) groups is 1. The number of nitro groups is 2. The SMILES string of the molecule is Cc1nn(-c2ccc([N+](=O)[O-])cc2)c2c1[C@H](c1ccc(Cl)c([N+](=O)[O-])c1)N1C(=N2)C(=O)Nc2ccccc21. The summed E-state index contributed by atoms with van der Waals surface area (Å²) in [5, 5.41) is 30.3. The minimum atomic E-state index is -0.715. The summed E-state index contributed by atoms with van der Waals surface area (Å²) in [6, 6.07) is 16.8. The van der Waals surface area contributed by atoms with Crippen molar-refractivity contribution in [2.24, 2.45) is 4.99 Å². The zero-order valence-electron chi connectivity index (χ0n) is 19.5. The van der Waals surface area contributed by atoms with E-state index in [0.717, 1.165) is 0 Å². The molecule has 0 aliphatic carbocycles. The van der Waals surface area contributed by atoms with E-state index in [1.807, 2.05) is 12.1 Å². The number of amides is 1. The van der Waals surface area contributed by atoms with E-state index in [4.69, 9.17) is 16.6 Å². The van der Waals surface area contributed by atoms with Crippen molar-refractivity contribution in [2.45, 2.75) is 13.0 Å². The Labute approximate surface area is 219 Å². The molecule has 2 aliphatic heterocycles. The molecule has 2 aliphatic rings. The van der Waals surface area contributed by atoms with Gasteiger partial charge in [0.05, 0.1) is 38.6 Å². The number of benzene rings is 3. The van der Waals surface area contributed by atoms with Crippen LogP contribution in [-0.2, 0) is 4.79 Å². The largest absolute Gasteiger partial charge is 0.317 e. The summed E-state index contributed by atoms with van der Waals surface area (Å²) in [6.45, 7) is 1.77. The molecule has 6 rings (SSSR count). The number of anilines is 2. The van der Waals surface area contributed by atoms with Crippen LogP contribution in [0, 0.1) is 27.2 Å². The molecule has 1 amide bonds. The lowest BCUT2D eigenvalue weighted by molar-refractivity contribution is -0.385. The number of nitrogens with one attached hydrogen (secondary N) is 1. The predicted molar refractivity (Wildman–Crippen MR) is 140 cm³/mol. The maximum Gasteiger partial charge on any atom is 0.291 e. The van der Waals surface area contributed by atoms with Crippen LogP contribution in [-0.4, -0.2) is 31.4 Å². The van der Waals surface area contributed by atoms with E-state index in [9.17, 15) is 25.0 Å². The molecule has 0 saturated carbocycles. The van der Waals surface area contributed by atoms with E-state index in [1.54, 1.807) is 30.0 Å². The second kappa shape index (κ2) is 8.49. The summed E-state index contributed by atoms with van der Waals surface area (Å²) in [7, 11) is 0. The molecule has 0 spiro atoms. The van der Waals surface area contributed by atoms with Gasteiger partial charge in [0, 0.05) is 23.8 Å². The average Bonchev–Trinajstić information content (AvgIpc) is 3.24. The fourth-order valence-corrected chi connectivity index (χ4v) is 4.98. The maximum atomic E-state index is 13.3. The van der Waals surface area contributed by atoms with Gasteiger partial charge in [-0.15, -0.1) is 0 Å². The summed E-state index contributed by atoms with van der Waals surface area (Å²) in [4.78, 5) is 41.5. The molecule has 188 valence electrons. The number of aryl methyl sites for hydroxylation is 1. The normalized spacial score (nSPS) is 15.6. The number of hydrogen-bond acceptors (Lipinski definition) is 8. The number of rotatable bonds is 4. The molecule has 1 aromatic heterocycles. The van der Waals surface area contributed by atoms with Crippen LogP contribution >= 0.6 is 11.6 Å². The number of amidine groups is 1. The van der Waals surface area contributed by atoms with Crippen molar-refractivity contribution < 1.29 is 14.6 Å². The fourth-order valence-electron chi connectivity index (χ4n) is 4.79. The minimum Gasteiger partial charge on any atom is -0.317 e. The third-order valence-electron chi connectivity index (χ3n) is 6.46. The number of hydrogen-bond donors (Lipinski definition) is 1. The number of aromatic nitrogens is 2. The highest BCUT2D eigenvalue weighted by Crippen LogP contribution is 2.48. The molecule has 3 heterocycles. The van der Waals surface area contributed by atoms with E-state index in [0.29, 0.717) is 39.7 Å². The molecule has 13 heteroatoms. The smallest absolute Gasteiger partial charge is 0.291 e. The Morgan fingerprint density at radius 1 is 1.00 bits per heavy atom. The monoisotopic (exact) mass is 529 g/mol. The molecule has 0 unspecified atom stereocenters. The quantitative estimate of drug-likeness (QED) is 0.280. The van der Waals surface area contributed by atoms with Gasteiger partial charge in [-0.05, 0) is 42.8 Å². The summed E-state index contributed by atoms with van der Waals surface area (Å²) in [5.41, 5.74) is 3.04. The van der Waals surface area contributed by atoms with Crippen molar-refractivity contribution in [1.29, 1.82) is 0 Å². The van der Waals surface area contributed by atoms with Crippen LogP contribution in [0.2, 0.25) is 5.02 Å². The first-order chi connectivity index (χ1) is 18.2.